The monoisotopic (exact) mass is 544 g/mol. The van der Waals surface area contributed by atoms with Crippen molar-refractivity contribution in [3.05, 3.63) is 35.9 Å². The number of nitrogens with one attached hydrogen (secondary N) is 3. The van der Waals surface area contributed by atoms with E-state index in [1.807, 2.05) is 25.1 Å². The summed E-state index contributed by atoms with van der Waals surface area (Å²) in [7, 11) is 0. The van der Waals surface area contributed by atoms with Gasteiger partial charge in [0.2, 0.25) is 17.7 Å². The Bertz CT molecular complexity index is 1110. The molecule has 0 spiro atoms. The SMILES string of the molecule is CCC1(NC(C)=O)CC2CCC(C(=O)N[C@@H](CCCN=C(N)NC(=O)OCc3ccccc3)C(=O)O)N2C1=O. The van der Waals surface area contributed by atoms with E-state index in [-0.39, 0.29) is 49.8 Å². The fourth-order valence-corrected chi connectivity index (χ4v) is 5.13. The van der Waals surface area contributed by atoms with Gasteiger partial charge in [-0.05, 0) is 44.1 Å². The minimum Gasteiger partial charge on any atom is -0.480 e. The maximum absolute atomic E-state index is 13.2. The summed E-state index contributed by atoms with van der Waals surface area (Å²) in [6, 6.07) is 6.92. The highest BCUT2D eigenvalue weighted by Gasteiger charge is 2.56. The summed E-state index contributed by atoms with van der Waals surface area (Å²) in [6.45, 7) is 3.33. The quantitative estimate of drug-likeness (QED) is 0.152. The second kappa shape index (κ2) is 13.1. The number of aliphatic carboxylic acids is 1. The van der Waals surface area contributed by atoms with Crippen LogP contribution in [0.1, 0.15) is 57.9 Å². The second-order valence-corrected chi connectivity index (χ2v) is 9.78. The fourth-order valence-electron chi connectivity index (χ4n) is 5.13. The van der Waals surface area contributed by atoms with Gasteiger partial charge in [-0.25, -0.2) is 9.59 Å². The maximum atomic E-state index is 13.2. The number of ether oxygens (including phenoxy) is 1. The van der Waals surface area contributed by atoms with E-state index in [1.165, 1.54) is 11.8 Å². The molecule has 13 heteroatoms. The molecule has 0 aromatic heterocycles. The largest absolute Gasteiger partial charge is 0.480 e. The summed E-state index contributed by atoms with van der Waals surface area (Å²) in [4.78, 5) is 67.1. The molecule has 0 bridgehead atoms. The van der Waals surface area contributed by atoms with Gasteiger partial charge in [0.05, 0.1) is 0 Å². The van der Waals surface area contributed by atoms with Gasteiger partial charge in [-0.1, -0.05) is 37.3 Å². The first kappa shape index (κ1) is 29.4. The number of nitrogens with two attached hydrogens (primary N) is 1. The summed E-state index contributed by atoms with van der Waals surface area (Å²) in [6.07, 6.45) is 1.38. The summed E-state index contributed by atoms with van der Waals surface area (Å²) in [5, 5.41) is 17.2. The molecule has 1 aromatic carbocycles. The molecule has 13 nitrogen and oxygen atoms in total. The van der Waals surface area contributed by atoms with Crippen LogP contribution in [0.4, 0.5) is 4.79 Å². The summed E-state index contributed by atoms with van der Waals surface area (Å²) in [5.74, 6) is -2.56. The van der Waals surface area contributed by atoms with E-state index in [0.717, 1.165) is 5.56 Å². The van der Waals surface area contributed by atoms with Crippen molar-refractivity contribution in [1.29, 1.82) is 0 Å². The molecule has 0 saturated carbocycles. The number of benzene rings is 1. The minimum absolute atomic E-state index is 0.0607. The van der Waals surface area contributed by atoms with Crippen LogP contribution < -0.4 is 21.7 Å². The number of fused-ring (bicyclic) bond motifs is 1. The topological polar surface area (TPSA) is 193 Å². The number of carbonyl (C=O) groups is 5. The Hall–Kier alpha value is -4.16. The Balaban J connectivity index is 1.47. The number of amides is 4. The predicted molar refractivity (Wildman–Crippen MR) is 140 cm³/mol. The lowest BCUT2D eigenvalue weighted by Crippen LogP contribution is -2.56. The molecular weight excluding hydrogens is 508 g/mol. The van der Waals surface area contributed by atoms with E-state index >= 15 is 0 Å². The molecule has 0 radical (unpaired) electrons. The Morgan fingerprint density at radius 3 is 2.59 bits per heavy atom. The summed E-state index contributed by atoms with van der Waals surface area (Å²) < 4.78 is 5.06. The second-order valence-electron chi connectivity index (χ2n) is 9.78. The third-order valence-corrected chi connectivity index (χ3v) is 7.04. The van der Waals surface area contributed by atoms with Crippen LogP contribution in [0.3, 0.4) is 0 Å². The number of nitrogens with zero attached hydrogens (tertiary/aromatic N) is 2. The van der Waals surface area contributed by atoms with Gasteiger partial charge in [-0.15, -0.1) is 0 Å². The number of alkyl carbamates (subject to hydrolysis) is 1. The van der Waals surface area contributed by atoms with Crippen LogP contribution in [0.2, 0.25) is 0 Å². The first-order valence-electron chi connectivity index (χ1n) is 13.0. The van der Waals surface area contributed by atoms with Gasteiger partial charge in [-0.2, -0.15) is 0 Å². The smallest absolute Gasteiger partial charge is 0.414 e. The molecule has 3 unspecified atom stereocenters. The van der Waals surface area contributed by atoms with Crippen molar-refractivity contribution in [3.8, 4) is 0 Å². The standard InChI is InChI=1S/C26H36N6O7/c1-3-26(31-16(2)33)14-18-11-12-20(32(18)23(26)37)21(34)29-19(22(35)36)10-7-13-28-24(27)30-25(38)39-15-17-8-5-4-6-9-17/h4-6,8-9,18-20H,3,7,10-15H2,1-2H3,(H,29,34)(H,31,33)(H,35,36)(H3,27,28,30,38)/t18?,19-,20?,26?/m0/s1. The van der Waals surface area contributed by atoms with Crippen molar-refractivity contribution in [3.63, 3.8) is 0 Å². The molecule has 3 rings (SSSR count). The van der Waals surface area contributed by atoms with Crippen LogP contribution in [0.5, 0.6) is 0 Å². The van der Waals surface area contributed by atoms with E-state index in [9.17, 15) is 29.1 Å². The molecule has 2 fully saturated rings. The van der Waals surface area contributed by atoms with E-state index in [0.29, 0.717) is 25.7 Å². The molecule has 212 valence electrons. The number of carboxylic acids is 1. The average Bonchev–Trinajstić information content (AvgIpc) is 3.42. The number of aliphatic imine (C=N–C) groups is 1. The predicted octanol–water partition coefficient (Wildman–Crippen LogP) is 0.625. The van der Waals surface area contributed by atoms with Gasteiger partial charge in [0, 0.05) is 19.5 Å². The number of guanidine groups is 1. The normalized spacial score (nSPS) is 23.1. The number of rotatable bonds is 11. The third kappa shape index (κ3) is 7.45. The van der Waals surface area contributed by atoms with E-state index in [2.05, 4.69) is 20.9 Å². The zero-order valence-corrected chi connectivity index (χ0v) is 22.1. The van der Waals surface area contributed by atoms with Crippen molar-refractivity contribution in [2.75, 3.05) is 6.54 Å². The molecule has 2 aliphatic heterocycles. The molecule has 4 atom stereocenters. The van der Waals surface area contributed by atoms with Crippen LogP contribution in [-0.2, 0) is 30.5 Å². The van der Waals surface area contributed by atoms with Crippen molar-refractivity contribution in [2.45, 2.75) is 82.6 Å². The summed E-state index contributed by atoms with van der Waals surface area (Å²) in [5.41, 5.74) is 5.47. The lowest BCUT2D eigenvalue weighted by molar-refractivity contribution is -0.145. The van der Waals surface area contributed by atoms with Gasteiger partial charge >= 0.3 is 12.1 Å². The Labute approximate surface area is 226 Å². The lowest BCUT2D eigenvalue weighted by Gasteiger charge is -2.30. The Morgan fingerprint density at radius 1 is 1.23 bits per heavy atom. The summed E-state index contributed by atoms with van der Waals surface area (Å²) >= 11 is 0. The molecule has 39 heavy (non-hydrogen) atoms. The van der Waals surface area contributed by atoms with Gasteiger partial charge in [-0.3, -0.25) is 24.7 Å². The van der Waals surface area contributed by atoms with Crippen molar-refractivity contribution >= 4 is 35.7 Å². The van der Waals surface area contributed by atoms with Crippen molar-refractivity contribution < 1.29 is 33.8 Å². The molecule has 4 amide bonds. The van der Waals surface area contributed by atoms with Gasteiger partial charge < -0.3 is 31.1 Å². The molecule has 2 saturated heterocycles. The highest BCUT2D eigenvalue weighted by Crippen LogP contribution is 2.40. The molecule has 6 N–H and O–H groups in total. The van der Waals surface area contributed by atoms with Crippen molar-refractivity contribution in [2.24, 2.45) is 10.7 Å². The van der Waals surface area contributed by atoms with Crippen LogP contribution >= 0.6 is 0 Å². The number of carbonyl (C=O) groups excluding carboxylic acids is 4. The highest BCUT2D eigenvalue weighted by atomic mass is 16.5. The van der Waals surface area contributed by atoms with Crippen LogP contribution in [0.25, 0.3) is 0 Å². The molecule has 2 heterocycles. The van der Waals surface area contributed by atoms with Crippen LogP contribution in [-0.4, -0.2) is 76.0 Å². The number of carboxylic acid groups (broad SMARTS) is 1. The first-order valence-corrected chi connectivity index (χ1v) is 13.0. The zero-order chi connectivity index (χ0) is 28.6. The van der Waals surface area contributed by atoms with E-state index in [4.69, 9.17) is 10.5 Å². The molecule has 2 aliphatic rings. The minimum atomic E-state index is -1.22. The molecule has 1 aromatic rings. The Kier molecular flexibility index (Phi) is 9.85. The highest BCUT2D eigenvalue weighted by molar-refractivity contribution is 5.98. The van der Waals surface area contributed by atoms with E-state index in [1.54, 1.807) is 12.1 Å². The van der Waals surface area contributed by atoms with Gasteiger partial charge in [0.1, 0.15) is 24.2 Å². The molecule has 0 aliphatic carbocycles. The van der Waals surface area contributed by atoms with E-state index < -0.39 is 35.6 Å². The van der Waals surface area contributed by atoms with Crippen LogP contribution in [0.15, 0.2) is 35.3 Å². The fraction of sp³-hybridized carbons (Fsp3) is 0.538. The lowest BCUT2D eigenvalue weighted by atomic mass is 9.90. The number of hydrogen-bond donors (Lipinski definition) is 5. The van der Waals surface area contributed by atoms with Gasteiger partial charge in [0.25, 0.3) is 0 Å². The molecular formula is C26H36N6O7. The van der Waals surface area contributed by atoms with Crippen LogP contribution in [0, 0.1) is 0 Å². The zero-order valence-electron chi connectivity index (χ0n) is 22.1. The maximum Gasteiger partial charge on any atom is 0.414 e. The van der Waals surface area contributed by atoms with Crippen molar-refractivity contribution in [1.82, 2.24) is 20.9 Å². The average molecular weight is 545 g/mol. The first-order chi connectivity index (χ1) is 18.6. The number of hydrogen-bond acceptors (Lipinski definition) is 7. The third-order valence-electron chi connectivity index (χ3n) is 7.04. The van der Waals surface area contributed by atoms with Gasteiger partial charge in [0.15, 0.2) is 5.96 Å². The Morgan fingerprint density at radius 2 is 1.95 bits per heavy atom.